The van der Waals surface area contributed by atoms with Gasteiger partial charge in [0, 0.05) is 12.1 Å². The van der Waals surface area contributed by atoms with Crippen LogP contribution in [-0.4, -0.2) is 23.4 Å². The van der Waals surface area contributed by atoms with Crippen molar-refractivity contribution in [1.29, 1.82) is 5.26 Å². The highest BCUT2D eigenvalue weighted by atomic mass is 16.6. The molecule has 3 aromatic carbocycles. The number of benzene rings is 3. The highest BCUT2D eigenvalue weighted by molar-refractivity contribution is 6.10. The van der Waals surface area contributed by atoms with Gasteiger partial charge < -0.3 is 14.8 Å². The number of hydrogen-bond acceptors (Lipinski definition) is 7. The van der Waals surface area contributed by atoms with E-state index in [9.17, 15) is 25.0 Å². The lowest BCUT2D eigenvalue weighted by atomic mass is 10.1. The SMILES string of the molecule is CCOc1cc(C=C(C#N)C(=O)Nc2cc([N+](=O)[O-])ccc2C)ccc1OC(=O)c1ccccc1. The number of aryl methyl sites for hydroxylation is 1. The number of nitro groups is 1. The first-order valence-corrected chi connectivity index (χ1v) is 10.5. The third kappa shape index (κ3) is 6.30. The standard InChI is InChI=1S/C26H21N3O6/c1-3-34-24-14-18(10-12-23(24)35-26(31)19-7-5-4-6-8-19)13-20(16-27)25(30)28-22-15-21(29(32)33)11-9-17(22)2/h4-15H,3H2,1-2H3,(H,28,30). The summed E-state index contributed by atoms with van der Waals surface area (Å²) in [5.41, 5.74) is 1.24. The number of carbonyl (C=O) groups excluding carboxylic acids is 2. The van der Waals surface area contributed by atoms with Crippen LogP contribution in [0.3, 0.4) is 0 Å². The Morgan fingerprint density at radius 2 is 1.83 bits per heavy atom. The van der Waals surface area contributed by atoms with Gasteiger partial charge in [0.2, 0.25) is 0 Å². The second-order valence-electron chi connectivity index (χ2n) is 7.28. The zero-order chi connectivity index (χ0) is 25.4. The number of rotatable bonds is 8. The molecule has 176 valence electrons. The number of non-ortho nitro benzene ring substituents is 1. The minimum absolute atomic E-state index is 0.185. The number of hydrogen-bond donors (Lipinski definition) is 1. The van der Waals surface area contributed by atoms with Gasteiger partial charge in [0.05, 0.1) is 22.8 Å². The summed E-state index contributed by atoms with van der Waals surface area (Å²) in [5, 5.41) is 23.1. The van der Waals surface area contributed by atoms with Crippen molar-refractivity contribution in [3.63, 3.8) is 0 Å². The average molecular weight is 471 g/mol. The minimum Gasteiger partial charge on any atom is -0.490 e. The Bertz CT molecular complexity index is 1340. The zero-order valence-corrected chi connectivity index (χ0v) is 19.0. The molecule has 0 heterocycles. The summed E-state index contributed by atoms with van der Waals surface area (Å²) in [6.45, 7) is 3.74. The largest absolute Gasteiger partial charge is 0.490 e. The molecule has 1 N–H and O–H groups in total. The topological polar surface area (TPSA) is 132 Å². The Kier molecular flexibility index (Phi) is 7.93. The summed E-state index contributed by atoms with van der Waals surface area (Å²) >= 11 is 0. The number of nitrogens with zero attached hydrogens (tertiary/aromatic N) is 2. The van der Waals surface area contributed by atoms with E-state index in [1.807, 2.05) is 6.07 Å². The number of anilines is 1. The van der Waals surface area contributed by atoms with Crippen molar-refractivity contribution in [2.75, 3.05) is 11.9 Å². The predicted molar refractivity (Wildman–Crippen MR) is 129 cm³/mol. The van der Waals surface area contributed by atoms with Crippen LogP contribution in [-0.2, 0) is 4.79 Å². The lowest BCUT2D eigenvalue weighted by molar-refractivity contribution is -0.384. The Labute approximate surface area is 201 Å². The number of nitrogens with one attached hydrogen (secondary N) is 1. The van der Waals surface area contributed by atoms with E-state index in [1.165, 1.54) is 30.3 Å². The van der Waals surface area contributed by atoms with Gasteiger partial charge in [-0.1, -0.05) is 30.3 Å². The molecule has 0 unspecified atom stereocenters. The van der Waals surface area contributed by atoms with Crippen LogP contribution < -0.4 is 14.8 Å². The summed E-state index contributed by atoms with van der Waals surface area (Å²) < 4.78 is 11.0. The van der Waals surface area contributed by atoms with E-state index >= 15 is 0 Å². The fraction of sp³-hybridized carbons (Fsp3) is 0.115. The third-order valence-corrected chi connectivity index (χ3v) is 4.84. The molecule has 3 rings (SSSR count). The van der Waals surface area contributed by atoms with Gasteiger partial charge in [-0.15, -0.1) is 0 Å². The third-order valence-electron chi connectivity index (χ3n) is 4.84. The maximum atomic E-state index is 12.7. The summed E-state index contributed by atoms with van der Waals surface area (Å²) in [6, 6.07) is 19.0. The van der Waals surface area contributed by atoms with Gasteiger partial charge >= 0.3 is 5.97 Å². The van der Waals surface area contributed by atoms with Crippen molar-refractivity contribution in [1.82, 2.24) is 0 Å². The van der Waals surface area contributed by atoms with E-state index in [0.29, 0.717) is 23.3 Å². The van der Waals surface area contributed by atoms with Crippen LogP contribution in [0.5, 0.6) is 11.5 Å². The van der Waals surface area contributed by atoms with Gasteiger partial charge in [-0.05, 0) is 55.3 Å². The Hall–Kier alpha value is -4.97. The van der Waals surface area contributed by atoms with E-state index in [4.69, 9.17) is 9.47 Å². The number of nitriles is 1. The quantitative estimate of drug-likeness (QED) is 0.121. The molecule has 0 radical (unpaired) electrons. The molecule has 0 atom stereocenters. The first-order chi connectivity index (χ1) is 16.8. The van der Waals surface area contributed by atoms with Gasteiger partial charge in [0.15, 0.2) is 11.5 Å². The molecule has 0 saturated carbocycles. The molecule has 0 aliphatic rings. The normalized spacial score (nSPS) is 10.7. The molecule has 35 heavy (non-hydrogen) atoms. The smallest absolute Gasteiger partial charge is 0.343 e. The summed E-state index contributed by atoms with van der Waals surface area (Å²) in [4.78, 5) is 35.6. The molecular formula is C26H21N3O6. The van der Waals surface area contributed by atoms with Crippen LogP contribution in [0.1, 0.15) is 28.4 Å². The van der Waals surface area contributed by atoms with Crippen molar-refractivity contribution in [2.24, 2.45) is 0 Å². The molecule has 3 aromatic rings. The summed E-state index contributed by atoms with van der Waals surface area (Å²) in [6.07, 6.45) is 1.34. The number of ether oxygens (including phenoxy) is 2. The van der Waals surface area contributed by atoms with Crippen molar-refractivity contribution in [3.05, 3.63) is 99.1 Å². The lowest BCUT2D eigenvalue weighted by Gasteiger charge is -2.12. The maximum absolute atomic E-state index is 12.7. The van der Waals surface area contributed by atoms with Gasteiger partial charge in [-0.3, -0.25) is 14.9 Å². The van der Waals surface area contributed by atoms with Crippen LogP contribution in [0.2, 0.25) is 0 Å². The van der Waals surface area contributed by atoms with Crippen molar-refractivity contribution in [2.45, 2.75) is 13.8 Å². The predicted octanol–water partition coefficient (Wildman–Crippen LogP) is 5.07. The molecular weight excluding hydrogens is 450 g/mol. The molecule has 9 nitrogen and oxygen atoms in total. The number of nitro benzene ring substituents is 1. The monoisotopic (exact) mass is 471 g/mol. The first-order valence-electron chi connectivity index (χ1n) is 10.5. The van der Waals surface area contributed by atoms with Crippen molar-refractivity contribution >= 4 is 29.3 Å². The lowest BCUT2D eigenvalue weighted by Crippen LogP contribution is -2.14. The van der Waals surface area contributed by atoms with Crippen LogP contribution in [0.15, 0.2) is 72.3 Å². The van der Waals surface area contributed by atoms with Gasteiger partial charge in [0.25, 0.3) is 11.6 Å². The Morgan fingerprint density at radius 1 is 1.09 bits per heavy atom. The molecule has 1 amide bonds. The minimum atomic E-state index is -0.728. The molecule has 0 aliphatic heterocycles. The Morgan fingerprint density at radius 3 is 2.49 bits per heavy atom. The first kappa shape index (κ1) is 24.7. The second-order valence-corrected chi connectivity index (χ2v) is 7.28. The van der Waals surface area contributed by atoms with E-state index in [2.05, 4.69) is 5.32 Å². The van der Waals surface area contributed by atoms with E-state index in [-0.39, 0.29) is 28.4 Å². The number of amides is 1. The van der Waals surface area contributed by atoms with Gasteiger partial charge in [-0.25, -0.2) is 4.79 Å². The van der Waals surface area contributed by atoms with Crippen molar-refractivity contribution < 1.29 is 24.0 Å². The van der Waals surface area contributed by atoms with Crippen LogP contribution in [0.4, 0.5) is 11.4 Å². The van der Waals surface area contributed by atoms with Crippen molar-refractivity contribution in [3.8, 4) is 17.6 Å². The molecule has 0 spiro atoms. The Balaban J connectivity index is 1.85. The molecule has 0 bridgehead atoms. The molecule has 0 aromatic heterocycles. The van der Waals surface area contributed by atoms with Crippen LogP contribution in [0.25, 0.3) is 6.08 Å². The fourth-order valence-electron chi connectivity index (χ4n) is 3.06. The van der Waals surface area contributed by atoms with Gasteiger partial charge in [-0.2, -0.15) is 5.26 Å². The highest BCUT2D eigenvalue weighted by Gasteiger charge is 2.16. The summed E-state index contributed by atoms with van der Waals surface area (Å²) in [5.74, 6) is -0.835. The molecule has 0 fully saturated rings. The number of carbonyl (C=O) groups is 2. The zero-order valence-electron chi connectivity index (χ0n) is 19.0. The average Bonchev–Trinajstić information content (AvgIpc) is 2.85. The number of esters is 1. The molecule has 9 heteroatoms. The second kappa shape index (κ2) is 11.2. The maximum Gasteiger partial charge on any atom is 0.343 e. The van der Waals surface area contributed by atoms with Gasteiger partial charge in [0.1, 0.15) is 11.6 Å². The van der Waals surface area contributed by atoms with E-state index in [1.54, 1.807) is 56.3 Å². The van der Waals surface area contributed by atoms with E-state index < -0.39 is 16.8 Å². The highest BCUT2D eigenvalue weighted by Crippen LogP contribution is 2.30. The molecule has 0 saturated heterocycles. The van der Waals surface area contributed by atoms with E-state index in [0.717, 1.165) is 0 Å². The fourth-order valence-corrected chi connectivity index (χ4v) is 3.06. The molecule has 0 aliphatic carbocycles. The van der Waals surface area contributed by atoms with Crippen LogP contribution in [0, 0.1) is 28.4 Å². The summed E-state index contributed by atoms with van der Waals surface area (Å²) in [7, 11) is 0. The van der Waals surface area contributed by atoms with Crippen LogP contribution >= 0.6 is 0 Å².